The van der Waals surface area contributed by atoms with Crippen LogP contribution in [0.25, 0.3) is 11.1 Å². The van der Waals surface area contributed by atoms with Crippen LogP contribution < -0.4 is 14.8 Å². The van der Waals surface area contributed by atoms with Crippen molar-refractivity contribution in [1.82, 2.24) is 15.2 Å². The minimum Gasteiger partial charge on any atom is -0.497 e. The van der Waals surface area contributed by atoms with E-state index in [1.54, 1.807) is 55.9 Å². The first-order valence-corrected chi connectivity index (χ1v) is 12.1. The number of aliphatic hydroxyl groups is 1. The molecule has 198 valence electrons. The first-order valence-electron chi connectivity index (χ1n) is 12.1. The van der Waals surface area contributed by atoms with Gasteiger partial charge in [0.15, 0.2) is 0 Å². The molecule has 0 unspecified atom stereocenters. The van der Waals surface area contributed by atoms with E-state index in [1.165, 1.54) is 12.0 Å². The van der Waals surface area contributed by atoms with Gasteiger partial charge in [0.05, 0.1) is 19.4 Å². The lowest BCUT2D eigenvalue weighted by Crippen LogP contribution is -2.48. The number of rotatable bonds is 10. The summed E-state index contributed by atoms with van der Waals surface area (Å²) < 4.78 is 10.7. The molecule has 2 heterocycles. The van der Waals surface area contributed by atoms with Gasteiger partial charge >= 0.3 is 0 Å². The first kappa shape index (κ1) is 26.6. The van der Waals surface area contributed by atoms with Crippen LogP contribution in [-0.4, -0.2) is 78.6 Å². The van der Waals surface area contributed by atoms with Crippen molar-refractivity contribution in [3.8, 4) is 22.6 Å². The topological polar surface area (TPSA) is 123 Å². The highest BCUT2D eigenvalue weighted by Crippen LogP contribution is 2.23. The van der Waals surface area contributed by atoms with Crippen LogP contribution in [0.15, 0.2) is 78.2 Å². The van der Waals surface area contributed by atoms with Crippen LogP contribution in [0.5, 0.6) is 11.5 Å². The van der Waals surface area contributed by atoms with Crippen LogP contribution in [0.2, 0.25) is 0 Å². The van der Waals surface area contributed by atoms with Crippen molar-refractivity contribution in [2.24, 2.45) is 5.16 Å². The largest absolute Gasteiger partial charge is 0.497 e. The lowest BCUT2D eigenvalue weighted by molar-refractivity contribution is -0.125. The Kier molecular flexibility index (Phi) is 8.89. The maximum absolute atomic E-state index is 13.4. The highest BCUT2D eigenvalue weighted by Gasteiger charge is 2.38. The molecule has 0 radical (unpaired) electrons. The molecule has 0 spiro atoms. The second-order valence-corrected chi connectivity index (χ2v) is 8.70. The SMILES string of the molecule is CO/N=C1\C[C@@H](C(=O)NC[C@H](O)COc2ccc(OC)cc2)N(C(=O)c2ccc(-c3cccnc3)cc2)C1. The Morgan fingerprint density at radius 2 is 1.82 bits per heavy atom. The van der Waals surface area contributed by atoms with Crippen LogP contribution in [0.1, 0.15) is 16.8 Å². The number of amides is 2. The number of aromatic nitrogens is 1. The summed E-state index contributed by atoms with van der Waals surface area (Å²) in [7, 11) is 2.99. The standard InChI is InChI=1S/C28H30N4O6/c1-36-24-9-11-25(12-10-24)38-18-23(33)16-30-27(34)26-14-22(31-37-2)17-32(26)28(35)20-7-5-19(6-8-20)21-4-3-13-29-15-21/h3-13,15,23,26,33H,14,16-18H2,1-2H3,(H,30,34)/b31-22+/t23-,26-/m0/s1. The van der Waals surface area contributed by atoms with Crippen LogP contribution in [0, 0.1) is 0 Å². The van der Waals surface area contributed by atoms with Gasteiger partial charge in [-0.15, -0.1) is 0 Å². The van der Waals surface area contributed by atoms with Gasteiger partial charge in [-0.25, -0.2) is 0 Å². The van der Waals surface area contributed by atoms with Gasteiger partial charge in [0.1, 0.15) is 37.4 Å². The molecule has 1 aliphatic rings. The molecular weight excluding hydrogens is 488 g/mol. The lowest BCUT2D eigenvalue weighted by Gasteiger charge is -2.24. The molecule has 2 atom stereocenters. The van der Waals surface area contributed by atoms with Gasteiger partial charge < -0.3 is 29.6 Å². The highest BCUT2D eigenvalue weighted by atomic mass is 16.6. The number of hydrogen-bond acceptors (Lipinski definition) is 8. The van der Waals surface area contributed by atoms with E-state index >= 15 is 0 Å². The number of methoxy groups -OCH3 is 1. The normalized spacial score (nSPS) is 16.7. The maximum Gasteiger partial charge on any atom is 0.254 e. The summed E-state index contributed by atoms with van der Waals surface area (Å²) in [6.45, 7) is 0.113. The highest BCUT2D eigenvalue weighted by molar-refractivity contribution is 6.05. The van der Waals surface area contributed by atoms with E-state index in [1.807, 2.05) is 24.3 Å². The molecule has 2 N–H and O–H groups in total. The third-order valence-corrected chi connectivity index (χ3v) is 6.08. The van der Waals surface area contributed by atoms with Gasteiger partial charge in [0.2, 0.25) is 5.91 Å². The minimum absolute atomic E-state index is 0.0143. The number of pyridine rings is 1. The van der Waals surface area contributed by atoms with Crippen LogP contribution in [0.3, 0.4) is 0 Å². The van der Waals surface area contributed by atoms with Gasteiger partial charge in [0, 0.05) is 30.9 Å². The van der Waals surface area contributed by atoms with E-state index in [4.69, 9.17) is 14.3 Å². The molecule has 2 aromatic carbocycles. The van der Waals surface area contributed by atoms with E-state index in [2.05, 4.69) is 15.5 Å². The van der Waals surface area contributed by atoms with Crippen LogP contribution >= 0.6 is 0 Å². The average Bonchev–Trinajstić information content (AvgIpc) is 3.39. The first-order chi connectivity index (χ1) is 18.5. The number of ether oxygens (including phenoxy) is 2. The molecule has 4 rings (SSSR count). The van der Waals surface area contributed by atoms with Crippen molar-refractivity contribution in [2.75, 3.05) is 33.9 Å². The third kappa shape index (κ3) is 6.65. The number of likely N-dealkylation sites (tertiary alicyclic amines) is 1. The van der Waals surface area contributed by atoms with Crippen LogP contribution in [-0.2, 0) is 9.63 Å². The molecule has 1 aliphatic heterocycles. The van der Waals surface area contributed by atoms with Crippen molar-refractivity contribution < 1.29 is 29.0 Å². The molecule has 1 aromatic heterocycles. The molecule has 2 amide bonds. The van der Waals surface area contributed by atoms with E-state index in [-0.39, 0.29) is 32.0 Å². The lowest BCUT2D eigenvalue weighted by atomic mass is 10.0. The number of carbonyl (C=O) groups is 2. The fraction of sp³-hybridized carbons (Fsp3) is 0.286. The van der Waals surface area contributed by atoms with E-state index in [0.717, 1.165) is 11.1 Å². The summed E-state index contributed by atoms with van der Waals surface area (Å²) >= 11 is 0. The second-order valence-electron chi connectivity index (χ2n) is 8.70. The summed E-state index contributed by atoms with van der Waals surface area (Å²) in [5.41, 5.74) is 2.89. The van der Waals surface area contributed by atoms with Crippen molar-refractivity contribution in [1.29, 1.82) is 0 Å². The molecule has 3 aromatic rings. The zero-order chi connectivity index (χ0) is 26.9. The van der Waals surface area contributed by atoms with Gasteiger partial charge in [-0.3, -0.25) is 14.6 Å². The molecule has 0 aliphatic carbocycles. The fourth-order valence-corrected chi connectivity index (χ4v) is 4.11. The quantitative estimate of drug-likeness (QED) is 0.396. The number of nitrogens with one attached hydrogen (secondary N) is 1. The summed E-state index contributed by atoms with van der Waals surface area (Å²) in [6, 6.07) is 17.1. The van der Waals surface area contributed by atoms with E-state index < -0.39 is 18.1 Å². The Hall–Kier alpha value is -4.44. The average molecular weight is 519 g/mol. The van der Waals surface area contributed by atoms with Crippen molar-refractivity contribution >= 4 is 17.5 Å². The Balaban J connectivity index is 1.37. The van der Waals surface area contributed by atoms with Crippen molar-refractivity contribution in [3.05, 3.63) is 78.6 Å². The van der Waals surface area contributed by atoms with Crippen molar-refractivity contribution in [2.45, 2.75) is 18.6 Å². The maximum atomic E-state index is 13.4. The van der Waals surface area contributed by atoms with Gasteiger partial charge in [-0.05, 0) is 53.6 Å². The Bertz CT molecular complexity index is 1250. The number of benzene rings is 2. The molecule has 1 saturated heterocycles. The fourth-order valence-electron chi connectivity index (χ4n) is 4.11. The number of oxime groups is 1. The van der Waals surface area contributed by atoms with Crippen LogP contribution in [0.4, 0.5) is 0 Å². The van der Waals surface area contributed by atoms with Gasteiger partial charge in [0.25, 0.3) is 5.91 Å². The van der Waals surface area contributed by atoms with Gasteiger partial charge in [-0.2, -0.15) is 0 Å². The summed E-state index contributed by atoms with van der Waals surface area (Å²) in [5.74, 6) is 0.572. The Morgan fingerprint density at radius 1 is 1.08 bits per heavy atom. The second kappa shape index (κ2) is 12.7. The summed E-state index contributed by atoms with van der Waals surface area (Å²) in [4.78, 5) is 36.9. The van der Waals surface area contributed by atoms with E-state index in [9.17, 15) is 14.7 Å². The molecule has 0 saturated carbocycles. The number of carbonyl (C=O) groups excluding carboxylic acids is 2. The minimum atomic E-state index is -0.946. The summed E-state index contributed by atoms with van der Waals surface area (Å²) in [6.07, 6.45) is 2.74. The Labute approximate surface area is 220 Å². The van der Waals surface area contributed by atoms with Gasteiger partial charge in [-0.1, -0.05) is 23.4 Å². The zero-order valence-electron chi connectivity index (χ0n) is 21.2. The third-order valence-electron chi connectivity index (χ3n) is 6.08. The van der Waals surface area contributed by atoms with Crippen molar-refractivity contribution in [3.63, 3.8) is 0 Å². The molecule has 1 fully saturated rings. The predicted octanol–water partition coefficient (Wildman–Crippen LogP) is 2.53. The number of aliphatic hydroxyl groups excluding tert-OH is 1. The van der Waals surface area contributed by atoms with E-state index in [0.29, 0.717) is 22.8 Å². The summed E-state index contributed by atoms with van der Waals surface area (Å²) in [5, 5.41) is 17.0. The molecular formula is C28H30N4O6. The molecule has 0 bridgehead atoms. The number of nitrogens with zero attached hydrogens (tertiary/aromatic N) is 3. The molecule has 10 nitrogen and oxygen atoms in total. The number of hydrogen-bond donors (Lipinski definition) is 2. The monoisotopic (exact) mass is 518 g/mol. The zero-order valence-corrected chi connectivity index (χ0v) is 21.2. The predicted molar refractivity (Wildman–Crippen MR) is 141 cm³/mol. The Morgan fingerprint density at radius 3 is 2.47 bits per heavy atom. The molecule has 38 heavy (non-hydrogen) atoms. The smallest absolute Gasteiger partial charge is 0.254 e. The molecule has 10 heteroatoms.